The molecule has 1 saturated heterocycles. The standard InChI is InChI=1S/C30H35N5O2/c36-19-5-7-26-6-3-4-18-35(26)30(37)29(20-22-21-32-28-9-2-1-8-27(22)28)34-24-12-10-23(11-13-24)33-25-14-16-31-17-15-25/h1-2,8-17,21,26,29,32,34,36H,3-7,18-20H2,(H,31,33). The topological polar surface area (TPSA) is 93.3 Å². The van der Waals surface area contributed by atoms with E-state index >= 15 is 0 Å². The van der Waals surface area contributed by atoms with E-state index in [2.05, 4.69) is 37.6 Å². The summed E-state index contributed by atoms with van der Waals surface area (Å²) in [6, 6.07) is 19.9. The second-order valence-corrected chi connectivity index (χ2v) is 9.75. The van der Waals surface area contributed by atoms with Gasteiger partial charge in [-0.25, -0.2) is 0 Å². The van der Waals surface area contributed by atoms with E-state index in [1.807, 2.05) is 54.7 Å². The van der Waals surface area contributed by atoms with Gasteiger partial charge in [0.15, 0.2) is 0 Å². The van der Waals surface area contributed by atoms with Crippen LogP contribution in [0.15, 0.2) is 79.3 Å². The highest BCUT2D eigenvalue weighted by Gasteiger charge is 2.32. The largest absolute Gasteiger partial charge is 0.396 e. The van der Waals surface area contributed by atoms with Crippen LogP contribution in [0.25, 0.3) is 10.9 Å². The second kappa shape index (κ2) is 11.9. The van der Waals surface area contributed by atoms with E-state index in [-0.39, 0.29) is 18.6 Å². The van der Waals surface area contributed by atoms with Gasteiger partial charge < -0.3 is 25.6 Å². The highest BCUT2D eigenvalue weighted by molar-refractivity contribution is 5.88. The maximum atomic E-state index is 14.0. The molecule has 0 radical (unpaired) electrons. The summed E-state index contributed by atoms with van der Waals surface area (Å²) in [6.45, 7) is 0.936. The van der Waals surface area contributed by atoms with Gasteiger partial charge in [-0.2, -0.15) is 0 Å². The third-order valence-electron chi connectivity index (χ3n) is 7.20. The van der Waals surface area contributed by atoms with Gasteiger partial charge in [0.25, 0.3) is 0 Å². The van der Waals surface area contributed by atoms with Crippen molar-refractivity contribution in [1.82, 2.24) is 14.9 Å². The average Bonchev–Trinajstić information content (AvgIpc) is 3.35. The summed E-state index contributed by atoms with van der Waals surface area (Å²) < 4.78 is 0. The molecule has 1 fully saturated rings. The molecule has 0 saturated carbocycles. The van der Waals surface area contributed by atoms with Gasteiger partial charge >= 0.3 is 0 Å². The van der Waals surface area contributed by atoms with Gasteiger partial charge in [-0.05, 0) is 80.1 Å². The first kappa shape index (κ1) is 24.8. The van der Waals surface area contributed by atoms with Crippen molar-refractivity contribution in [3.05, 3.63) is 84.8 Å². The van der Waals surface area contributed by atoms with Crippen LogP contribution >= 0.6 is 0 Å². The smallest absolute Gasteiger partial charge is 0.245 e. The van der Waals surface area contributed by atoms with Crippen molar-refractivity contribution in [2.45, 2.75) is 50.6 Å². The first-order chi connectivity index (χ1) is 18.2. The van der Waals surface area contributed by atoms with Crippen molar-refractivity contribution < 1.29 is 9.90 Å². The Bertz CT molecular complexity index is 1290. The number of aliphatic hydroxyl groups excluding tert-OH is 1. The molecule has 0 bridgehead atoms. The zero-order valence-corrected chi connectivity index (χ0v) is 21.1. The van der Waals surface area contributed by atoms with Crippen LogP contribution in [-0.2, 0) is 11.2 Å². The lowest BCUT2D eigenvalue weighted by atomic mass is 9.95. The van der Waals surface area contributed by atoms with E-state index in [0.717, 1.165) is 72.2 Å². The lowest BCUT2D eigenvalue weighted by molar-refractivity contribution is -0.136. The molecular formula is C30H35N5O2. The Labute approximate surface area is 217 Å². The Morgan fingerprint density at radius 3 is 2.59 bits per heavy atom. The molecule has 1 amide bonds. The molecule has 37 heavy (non-hydrogen) atoms. The van der Waals surface area contributed by atoms with E-state index in [1.165, 1.54) is 0 Å². The van der Waals surface area contributed by atoms with E-state index in [1.54, 1.807) is 12.4 Å². The zero-order valence-electron chi connectivity index (χ0n) is 21.1. The lowest BCUT2D eigenvalue weighted by Crippen LogP contribution is -2.51. The summed E-state index contributed by atoms with van der Waals surface area (Å²) in [4.78, 5) is 23.5. The fourth-order valence-electron chi connectivity index (χ4n) is 5.29. The number of anilines is 3. The number of aromatic amines is 1. The van der Waals surface area contributed by atoms with Gasteiger partial charge in [-0.3, -0.25) is 9.78 Å². The zero-order chi connectivity index (χ0) is 25.5. The summed E-state index contributed by atoms with van der Waals surface area (Å²) >= 11 is 0. The monoisotopic (exact) mass is 497 g/mol. The predicted octanol–water partition coefficient (Wildman–Crippen LogP) is 5.48. The molecule has 2 unspecified atom stereocenters. The van der Waals surface area contributed by atoms with Crippen molar-refractivity contribution in [2.24, 2.45) is 0 Å². The number of fused-ring (bicyclic) bond motifs is 1. The normalized spacial score (nSPS) is 16.5. The van der Waals surface area contributed by atoms with Gasteiger partial charge in [0.2, 0.25) is 5.91 Å². The maximum Gasteiger partial charge on any atom is 0.245 e. The number of rotatable bonds is 10. The third kappa shape index (κ3) is 6.12. The Hall–Kier alpha value is -3.84. The maximum absolute atomic E-state index is 14.0. The number of aromatic nitrogens is 2. The summed E-state index contributed by atoms with van der Waals surface area (Å²) in [5.41, 5.74) is 5.05. The molecule has 5 rings (SSSR count). The summed E-state index contributed by atoms with van der Waals surface area (Å²) in [5, 5.41) is 17.5. The van der Waals surface area contributed by atoms with E-state index in [4.69, 9.17) is 0 Å². The molecule has 0 spiro atoms. The number of hydrogen-bond acceptors (Lipinski definition) is 5. The lowest BCUT2D eigenvalue weighted by Gasteiger charge is -2.38. The third-order valence-corrected chi connectivity index (χ3v) is 7.20. The minimum absolute atomic E-state index is 0.131. The molecule has 4 N–H and O–H groups in total. The van der Waals surface area contributed by atoms with Crippen LogP contribution in [0.5, 0.6) is 0 Å². The highest BCUT2D eigenvalue weighted by atomic mass is 16.3. The van der Waals surface area contributed by atoms with Gasteiger partial charge in [-0.1, -0.05) is 18.2 Å². The molecule has 3 heterocycles. The van der Waals surface area contributed by atoms with Gasteiger partial charge in [-0.15, -0.1) is 0 Å². The highest BCUT2D eigenvalue weighted by Crippen LogP contribution is 2.26. The van der Waals surface area contributed by atoms with Gasteiger partial charge in [0.05, 0.1) is 0 Å². The van der Waals surface area contributed by atoms with Crippen LogP contribution in [-0.4, -0.2) is 51.1 Å². The van der Waals surface area contributed by atoms with Crippen LogP contribution in [0.1, 0.15) is 37.7 Å². The molecule has 1 aliphatic heterocycles. The number of aliphatic hydroxyl groups is 1. The van der Waals surface area contributed by atoms with Crippen molar-refractivity contribution in [2.75, 3.05) is 23.8 Å². The fraction of sp³-hybridized carbons (Fsp3) is 0.333. The molecule has 4 aromatic rings. The average molecular weight is 498 g/mol. The van der Waals surface area contributed by atoms with Crippen molar-refractivity contribution >= 4 is 33.9 Å². The molecule has 1 aliphatic rings. The number of carbonyl (C=O) groups excluding carboxylic acids is 1. The Morgan fingerprint density at radius 2 is 1.78 bits per heavy atom. The van der Waals surface area contributed by atoms with Crippen LogP contribution in [0, 0.1) is 0 Å². The Kier molecular flexibility index (Phi) is 8.01. The predicted molar refractivity (Wildman–Crippen MR) is 149 cm³/mol. The first-order valence-electron chi connectivity index (χ1n) is 13.2. The van der Waals surface area contributed by atoms with E-state index in [0.29, 0.717) is 6.42 Å². The van der Waals surface area contributed by atoms with Crippen molar-refractivity contribution in [1.29, 1.82) is 0 Å². The molecule has 0 aliphatic carbocycles. The minimum atomic E-state index is -0.395. The van der Waals surface area contributed by atoms with Crippen LogP contribution in [0.2, 0.25) is 0 Å². The van der Waals surface area contributed by atoms with Crippen molar-refractivity contribution in [3.8, 4) is 0 Å². The quantitative estimate of drug-likeness (QED) is 0.233. The molecule has 7 heteroatoms. The molecule has 2 aromatic heterocycles. The van der Waals surface area contributed by atoms with Gasteiger partial charge in [0.1, 0.15) is 6.04 Å². The number of nitrogens with zero attached hydrogens (tertiary/aromatic N) is 2. The number of amides is 1. The van der Waals surface area contributed by atoms with Crippen molar-refractivity contribution in [3.63, 3.8) is 0 Å². The number of piperidine rings is 1. The summed E-state index contributed by atoms with van der Waals surface area (Å²) in [6.07, 6.45) is 10.8. The molecule has 192 valence electrons. The molecular weight excluding hydrogens is 462 g/mol. The van der Waals surface area contributed by atoms with Crippen LogP contribution < -0.4 is 10.6 Å². The molecule has 2 aromatic carbocycles. The first-order valence-corrected chi connectivity index (χ1v) is 13.2. The minimum Gasteiger partial charge on any atom is -0.396 e. The Morgan fingerprint density at radius 1 is 1.03 bits per heavy atom. The summed E-state index contributed by atoms with van der Waals surface area (Å²) in [5.74, 6) is 0.131. The van der Waals surface area contributed by atoms with Crippen LogP contribution in [0.3, 0.4) is 0 Å². The molecule has 7 nitrogen and oxygen atoms in total. The van der Waals surface area contributed by atoms with Crippen LogP contribution in [0.4, 0.5) is 17.1 Å². The number of hydrogen-bond donors (Lipinski definition) is 4. The number of likely N-dealkylation sites (tertiary alicyclic amines) is 1. The number of H-pyrrole nitrogens is 1. The van der Waals surface area contributed by atoms with E-state index in [9.17, 15) is 9.90 Å². The molecule has 2 atom stereocenters. The number of pyridine rings is 1. The number of benzene rings is 2. The van der Waals surface area contributed by atoms with Gasteiger partial charge in [0, 0.05) is 72.2 Å². The second-order valence-electron chi connectivity index (χ2n) is 9.75. The van der Waals surface area contributed by atoms with E-state index < -0.39 is 6.04 Å². The number of nitrogens with one attached hydrogen (secondary N) is 3. The fourth-order valence-corrected chi connectivity index (χ4v) is 5.29. The SMILES string of the molecule is O=C(C(Cc1c[nH]c2ccccc12)Nc1ccc(Nc2ccncc2)cc1)N1CCCCC1CCCO. The number of carbonyl (C=O) groups is 1. The Balaban J connectivity index is 1.37. The number of para-hydroxylation sites is 1. The summed E-state index contributed by atoms with van der Waals surface area (Å²) in [7, 11) is 0.